The van der Waals surface area contributed by atoms with Gasteiger partial charge < -0.3 is 9.47 Å². The largest absolute Gasteiger partial charge is 0.353 e. The number of allylic oxidation sites excluding steroid dienone is 2. The molecule has 0 aliphatic carbocycles. The highest BCUT2D eigenvalue weighted by Crippen LogP contribution is 2.21. The zero-order valence-corrected chi connectivity index (χ0v) is 11.2. The second-order valence-electron chi connectivity index (χ2n) is 5.24. The lowest BCUT2D eigenvalue weighted by molar-refractivity contribution is -0.214. The molecule has 1 fully saturated rings. The van der Waals surface area contributed by atoms with Crippen molar-refractivity contribution in [3.63, 3.8) is 0 Å². The van der Waals surface area contributed by atoms with E-state index in [0.29, 0.717) is 12.0 Å². The molecule has 1 saturated heterocycles. The summed E-state index contributed by atoms with van der Waals surface area (Å²) >= 11 is 0. The van der Waals surface area contributed by atoms with Gasteiger partial charge in [0.1, 0.15) is 0 Å². The number of hydrogen-bond acceptors (Lipinski definition) is 2. The Hall–Kier alpha value is -0.340. The van der Waals surface area contributed by atoms with Crippen molar-refractivity contribution in [3.8, 4) is 0 Å². The van der Waals surface area contributed by atoms with Gasteiger partial charge >= 0.3 is 0 Å². The second kappa shape index (κ2) is 7.08. The third-order valence-electron chi connectivity index (χ3n) is 3.02. The third kappa shape index (κ3) is 5.66. The molecule has 0 aromatic rings. The van der Waals surface area contributed by atoms with E-state index < -0.39 is 0 Å². The Morgan fingerprint density at radius 3 is 2.81 bits per heavy atom. The lowest BCUT2D eigenvalue weighted by atomic mass is 10.0. The van der Waals surface area contributed by atoms with Crippen LogP contribution < -0.4 is 0 Å². The zero-order valence-electron chi connectivity index (χ0n) is 11.2. The number of ether oxygens (including phenoxy) is 2. The molecule has 1 rings (SSSR count). The van der Waals surface area contributed by atoms with E-state index in [1.165, 1.54) is 18.4 Å². The summed E-state index contributed by atoms with van der Waals surface area (Å²) in [6.07, 6.45) is 7.16. The van der Waals surface area contributed by atoms with Crippen LogP contribution in [0.1, 0.15) is 53.4 Å². The molecule has 94 valence electrons. The molecule has 0 radical (unpaired) electrons. The van der Waals surface area contributed by atoms with Gasteiger partial charge in [0.25, 0.3) is 0 Å². The van der Waals surface area contributed by atoms with E-state index in [-0.39, 0.29) is 6.29 Å². The summed E-state index contributed by atoms with van der Waals surface area (Å²) < 4.78 is 11.4. The van der Waals surface area contributed by atoms with Crippen LogP contribution in [-0.2, 0) is 9.47 Å². The maximum atomic E-state index is 5.75. The highest BCUT2D eigenvalue weighted by molar-refractivity contribution is 4.92. The number of rotatable bonds is 5. The molecular formula is C14H26O2. The Kier molecular flexibility index (Phi) is 6.07. The predicted octanol–water partition coefficient (Wildman–Crippen LogP) is 3.91. The average Bonchev–Trinajstić information content (AvgIpc) is 2.16. The summed E-state index contributed by atoms with van der Waals surface area (Å²) in [5.41, 5.74) is 1.41. The van der Waals surface area contributed by atoms with Crippen molar-refractivity contribution in [2.24, 2.45) is 5.92 Å². The molecule has 1 aliphatic heterocycles. The topological polar surface area (TPSA) is 18.5 Å². The van der Waals surface area contributed by atoms with Crippen molar-refractivity contribution >= 4 is 0 Å². The van der Waals surface area contributed by atoms with E-state index in [9.17, 15) is 0 Å². The van der Waals surface area contributed by atoms with Gasteiger partial charge in [-0.05, 0) is 46.0 Å². The Bertz CT molecular complexity index is 219. The van der Waals surface area contributed by atoms with Gasteiger partial charge in [-0.1, -0.05) is 18.6 Å². The van der Waals surface area contributed by atoms with Crippen LogP contribution in [0.4, 0.5) is 0 Å². The molecule has 3 atom stereocenters. The molecule has 1 heterocycles. The summed E-state index contributed by atoms with van der Waals surface area (Å²) in [5, 5.41) is 0. The Morgan fingerprint density at radius 2 is 2.19 bits per heavy atom. The van der Waals surface area contributed by atoms with Gasteiger partial charge in [-0.2, -0.15) is 0 Å². The molecule has 0 amide bonds. The average molecular weight is 226 g/mol. The summed E-state index contributed by atoms with van der Waals surface area (Å²) in [5.74, 6) is 0.672. The summed E-state index contributed by atoms with van der Waals surface area (Å²) in [7, 11) is 0. The molecule has 0 spiro atoms. The van der Waals surface area contributed by atoms with Crippen LogP contribution in [0.15, 0.2) is 11.6 Å². The quantitative estimate of drug-likeness (QED) is 0.662. The Balaban J connectivity index is 2.17. The molecular weight excluding hydrogens is 200 g/mol. The van der Waals surface area contributed by atoms with Crippen molar-refractivity contribution in [1.82, 2.24) is 0 Å². The summed E-state index contributed by atoms with van der Waals surface area (Å²) in [4.78, 5) is 0. The lowest BCUT2D eigenvalue weighted by Gasteiger charge is -2.29. The molecule has 0 aromatic carbocycles. The van der Waals surface area contributed by atoms with Gasteiger partial charge in [-0.15, -0.1) is 0 Å². The minimum atomic E-state index is 0.0328. The van der Waals surface area contributed by atoms with Crippen molar-refractivity contribution in [1.29, 1.82) is 0 Å². The van der Waals surface area contributed by atoms with Crippen LogP contribution >= 0.6 is 0 Å². The van der Waals surface area contributed by atoms with Crippen molar-refractivity contribution in [2.75, 3.05) is 6.61 Å². The first-order valence-corrected chi connectivity index (χ1v) is 6.48. The van der Waals surface area contributed by atoms with Gasteiger partial charge in [0.15, 0.2) is 6.29 Å². The van der Waals surface area contributed by atoms with Gasteiger partial charge in [0.05, 0.1) is 12.7 Å². The first-order valence-electron chi connectivity index (χ1n) is 6.48. The van der Waals surface area contributed by atoms with Gasteiger partial charge in [0.2, 0.25) is 0 Å². The normalized spacial score (nSPS) is 27.5. The molecule has 0 saturated carbocycles. The van der Waals surface area contributed by atoms with Crippen molar-refractivity contribution < 1.29 is 9.47 Å². The van der Waals surface area contributed by atoms with Crippen LogP contribution in [0.3, 0.4) is 0 Å². The van der Waals surface area contributed by atoms with E-state index in [1.54, 1.807) is 0 Å². The fourth-order valence-corrected chi connectivity index (χ4v) is 1.96. The molecule has 2 heteroatoms. The fourth-order valence-electron chi connectivity index (χ4n) is 1.96. The third-order valence-corrected chi connectivity index (χ3v) is 3.02. The molecule has 0 aromatic heterocycles. The maximum absolute atomic E-state index is 5.75. The number of hydrogen-bond donors (Lipinski definition) is 0. The van der Waals surface area contributed by atoms with Gasteiger partial charge in [0, 0.05) is 6.42 Å². The first-order chi connectivity index (χ1) is 7.58. The maximum Gasteiger partial charge on any atom is 0.158 e. The van der Waals surface area contributed by atoms with Crippen LogP contribution in [0, 0.1) is 5.92 Å². The van der Waals surface area contributed by atoms with Gasteiger partial charge in [-0.25, -0.2) is 0 Å². The fraction of sp³-hybridized carbons (Fsp3) is 0.857. The molecule has 1 aliphatic rings. The molecule has 2 nitrogen and oxygen atoms in total. The molecule has 0 unspecified atom stereocenters. The van der Waals surface area contributed by atoms with E-state index >= 15 is 0 Å². The van der Waals surface area contributed by atoms with Crippen molar-refractivity contribution in [3.05, 3.63) is 11.6 Å². The minimum absolute atomic E-state index is 0.0328. The van der Waals surface area contributed by atoms with Crippen molar-refractivity contribution in [2.45, 2.75) is 65.8 Å². The smallest absolute Gasteiger partial charge is 0.158 e. The minimum Gasteiger partial charge on any atom is -0.353 e. The van der Waals surface area contributed by atoms with E-state index in [4.69, 9.17) is 9.47 Å². The standard InChI is InChI=1S/C14H26O2/c1-11(2)6-5-7-12(3)10-14-15-9-8-13(4)16-14/h6,12-14H,5,7-10H2,1-4H3/t12-,13+,14-/m1/s1. The first kappa shape index (κ1) is 13.7. The predicted molar refractivity (Wildman–Crippen MR) is 67.4 cm³/mol. The van der Waals surface area contributed by atoms with E-state index in [0.717, 1.165) is 19.4 Å². The monoisotopic (exact) mass is 226 g/mol. The Labute approximate surface area is 100 Å². The van der Waals surface area contributed by atoms with Crippen LogP contribution in [0.5, 0.6) is 0 Å². The molecule has 0 bridgehead atoms. The highest BCUT2D eigenvalue weighted by Gasteiger charge is 2.21. The summed E-state index contributed by atoms with van der Waals surface area (Å²) in [6.45, 7) is 9.57. The van der Waals surface area contributed by atoms with Crippen LogP contribution in [0.25, 0.3) is 0 Å². The molecule has 16 heavy (non-hydrogen) atoms. The lowest BCUT2D eigenvalue weighted by Crippen LogP contribution is -2.31. The van der Waals surface area contributed by atoms with Crippen LogP contribution in [-0.4, -0.2) is 19.0 Å². The van der Waals surface area contributed by atoms with Gasteiger partial charge in [-0.3, -0.25) is 0 Å². The van der Waals surface area contributed by atoms with E-state index in [1.807, 2.05) is 0 Å². The second-order valence-corrected chi connectivity index (χ2v) is 5.24. The summed E-state index contributed by atoms with van der Waals surface area (Å²) in [6, 6.07) is 0. The van der Waals surface area contributed by atoms with Crippen LogP contribution in [0.2, 0.25) is 0 Å². The molecule has 0 N–H and O–H groups in total. The zero-order chi connectivity index (χ0) is 12.0. The highest BCUT2D eigenvalue weighted by atomic mass is 16.7. The SMILES string of the molecule is CC(C)=CCC[C@@H](C)C[C@@H]1OCC[C@H](C)O1. The Morgan fingerprint density at radius 1 is 1.44 bits per heavy atom. The van der Waals surface area contributed by atoms with E-state index in [2.05, 4.69) is 33.8 Å².